The maximum atomic E-state index is 10.0. The number of carbonyl (C=O) groups is 1. The van der Waals surface area contributed by atoms with Gasteiger partial charge in [-0.25, -0.2) is 0 Å². The lowest BCUT2D eigenvalue weighted by Crippen LogP contribution is -2.34. The molecular weight excluding hydrogens is 178 g/mol. The Hall–Kier alpha value is -1.35. The molecule has 1 atom stereocenters. The number of fused-ring (bicyclic) bond motifs is 1. The summed E-state index contributed by atoms with van der Waals surface area (Å²) in [6.45, 7) is 3.55. The van der Waals surface area contributed by atoms with Crippen LogP contribution in [0.25, 0.3) is 11.1 Å². The van der Waals surface area contributed by atoms with E-state index in [0.29, 0.717) is 0 Å². The highest BCUT2D eigenvalue weighted by atomic mass is 16.4. The van der Waals surface area contributed by atoms with Crippen LogP contribution in [-0.4, -0.2) is 17.1 Å². The van der Waals surface area contributed by atoms with Gasteiger partial charge in [-0.3, -0.25) is 4.79 Å². The first kappa shape index (κ1) is 10.7. The fraction of sp³-hybridized carbons (Fsp3) is 0.364. The van der Waals surface area contributed by atoms with Crippen LogP contribution < -0.4 is 5.73 Å². The van der Waals surface area contributed by atoms with Crippen LogP contribution in [0.15, 0.2) is 24.3 Å². The maximum absolute atomic E-state index is 10.0. The number of carboxylic acids is 1. The highest BCUT2D eigenvalue weighted by Crippen LogP contribution is 2.29. The standard InChI is InChI=1S/C6H4.C5H11NO2/c1-2-6-4-3-5(1)6;1-3(2)4(6)5(7)8/h1-4H;3-4H,6H2,1-2H3,(H,7,8). The number of hydrogen-bond acceptors (Lipinski definition) is 2. The number of aliphatic carboxylic acids is 1. The Morgan fingerprint density at radius 3 is 1.57 bits per heavy atom. The molecule has 0 amide bonds. The van der Waals surface area contributed by atoms with Crippen molar-refractivity contribution in [1.82, 2.24) is 0 Å². The minimum Gasteiger partial charge on any atom is -0.480 e. The van der Waals surface area contributed by atoms with E-state index in [9.17, 15) is 4.79 Å². The molecule has 3 N–H and O–H groups in total. The van der Waals surface area contributed by atoms with Gasteiger partial charge in [0.2, 0.25) is 0 Å². The summed E-state index contributed by atoms with van der Waals surface area (Å²) in [5.74, 6) is -0.910. The molecule has 2 rings (SSSR count). The third-order valence-electron chi connectivity index (χ3n) is 2.22. The molecular formula is C11H15NO2. The third kappa shape index (κ3) is 2.33. The van der Waals surface area contributed by atoms with Crippen molar-refractivity contribution in [3.63, 3.8) is 0 Å². The highest BCUT2D eigenvalue weighted by Gasteiger charge is 2.14. The van der Waals surface area contributed by atoms with Gasteiger partial charge in [-0.1, -0.05) is 38.1 Å². The van der Waals surface area contributed by atoms with Crippen molar-refractivity contribution in [2.45, 2.75) is 19.9 Å². The molecule has 1 unspecified atom stereocenters. The van der Waals surface area contributed by atoms with Gasteiger partial charge in [-0.15, -0.1) is 0 Å². The van der Waals surface area contributed by atoms with Crippen molar-refractivity contribution >= 4 is 5.97 Å². The van der Waals surface area contributed by atoms with Crippen LogP contribution in [0.4, 0.5) is 0 Å². The monoisotopic (exact) mass is 193 g/mol. The van der Waals surface area contributed by atoms with Gasteiger partial charge >= 0.3 is 5.97 Å². The van der Waals surface area contributed by atoms with E-state index < -0.39 is 12.0 Å². The van der Waals surface area contributed by atoms with Gasteiger partial charge in [0.15, 0.2) is 0 Å². The zero-order valence-corrected chi connectivity index (χ0v) is 8.40. The van der Waals surface area contributed by atoms with E-state index in [1.54, 1.807) is 13.8 Å². The first-order chi connectivity index (χ1) is 6.52. The van der Waals surface area contributed by atoms with Gasteiger partial charge in [0, 0.05) is 0 Å². The number of rotatable bonds is 2. The summed E-state index contributed by atoms with van der Waals surface area (Å²) in [5, 5.41) is 8.23. The van der Waals surface area contributed by atoms with Gasteiger partial charge in [0.1, 0.15) is 6.04 Å². The van der Waals surface area contributed by atoms with Crippen molar-refractivity contribution in [3.8, 4) is 11.1 Å². The Kier molecular flexibility index (Phi) is 3.25. The summed E-state index contributed by atoms with van der Waals surface area (Å²) in [6.07, 6.45) is 0. The molecule has 3 heteroatoms. The maximum Gasteiger partial charge on any atom is 0.320 e. The van der Waals surface area contributed by atoms with Gasteiger partial charge < -0.3 is 10.8 Å². The Balaban J connectivity index is 0.000000143. The Bertz CT molecular complexity index is 296. The molecule has 0 saturated heterocycles. The van der Waals surface area contributed by atoms with E-state index in [4.69, 9.17) is 10.8 Å². The molecule has 76 valence electrons. The lowest BCUT2D eigenvalue weighted by atomic mass is 9.95. The second kappa shape index (κ2) is 4.24. The fourth-order valence-electron chi connectivity index (χ4n) is 0.948. The minimum atomic E-state index is -0.931. The quantitative estimate of drug-likeness (QED) is 0.763. The molecule has 0 aromatic carbocycles. The highest BCUT2D eigenvalue weighted by molar-refractivity contribution is 5.75. The average Bonchev–Trinajstić information content (AvgIpc) is 2.10. The van der Waals surface area contributed by atoms with Crippen LogP contribution in [0, 0.1) is 5.92 Å². The van der Waals surface area contributed by atoms with Gasteiger partial charge in [-0.2, -0.15) is 0 Å². The zero-order chi connectivity index (χ0) is 10.7. The number of hydrogen-bond donors (Lipinski definition) is 2. The summed E-state index contributed by atoms with van der Waals surface area (Å²) < 4.78 is 0. The van der Waals surface area contributed by atoms with Crippen LogP contribution in [0.2, 0.25) is 0 Å². The molecule has 0 heterocycles. The molecule has 0 fully saturated rings. The van der Waals surface area contributed by atoms with Gasteiger partial charge in [0.05, 0.1) is 0 Å². The number of nitrogens with two attached hydrogens (primary N) is 1. The number of carboxylic acid groups (broad SMARTS) is 1. The topological polar surface area (TPSA) is 63.3 Å². The molecule has 0 aromatic rings. The summed E-state index contributed by atoms with van der Waals surface area (Å²) in [6, 6.07) is 7.77. The lowest BCUT2D eigenvalue weighted by Gasteiger charge is -2.10. The molecule has 0 radical (unpaired) electrons. The lowest BCUT2D eigenvalue weighted by molar-refractivity contribution is -0.139. The van der Waals surface area contributed by atoms with Crippen LogP contribution in [0.3, 0.4) is 0 Å². The predicted molar refractivity (Wildman–Crippen MR) is 55.9 cm³/mol. The van der Waals surface area contributed by atoms with E-state index in [0.717, 1.165) is 0 Å². The molecule has 2 aliphatic rings. The second-order valence-electron chi connectivity index (χ2n) is 3.69. The van der Waals surface area contributed by atoms with Crippen LogP contribution in [0.5, 0.6) is 0 Å². The van der Waals surface area contributed by atoms with E-state index in [1.165, 1.54) is 11.1 Å². The minimum absolute atomic E-state index is 0.0208. The first-order valence-electron chi connectivity index (χ1n) is 4.61. The van der Waals surface area contributed by atoms with E-state index >= 15 is 0 Å². The SMILES string of the molecule is CC(C)C(N)C(=O)O.c1cc2ccc1-2. The van der Waals surface area contributed by atoms with Crippen molar-refractivity contribution in [1.29, 1.82) is 0 Å². The Morgan fingerprint density at radius 2 is 1.57 bits per heavy atom. The van der Waals surface area contributed by atoms with Gasteiger partial charge in [0.25, 0.3) is 0 Å². The van der Waals surface area contributed by atoms with Gasteiger partial charge in [-0.05, 0) is 17.0 Å². The summed E-state index contributed by atoms with van der Waals surface area (Å²) in [5.41, 5.74) is 8.01. The fourth-order valence-corrected chi connectivity index (χ4v) is 0.948. The van der Waals surface area contributed by atoms with Crippen molar-refractivity contribution in [2.75, 3.05) is 0 Å². The number of benzene rings is 1. The smallest absolute Gasteiger partial charge is 0.320 e. The Labute approximate surface area is 83.6 Å². The van der Waals surface area contributed by atoms with Crippen LogP contribution >= 0.6 is 0 Å². The summed E-state index contributed by atoms with van der Waals surface area (Å²) in [7, 11) is 0. The summed E-state index contributed by atoms with van der Waals surface area (Å²) in [4.78, 5) is 10.0. The molecule has 3 nitrogen and oxygen atoms in total. The molecule has 0 bridgehead atoms. The molecule has 0 spiro atoms. The van der Waals surface area contributed by atoms with E-state index in [2.05, 4.69) is 24.3 Å². The zero-order valence-electron chi connectivity index (χ0n) is 8.40. The van der Waals surface area contributed by atoms with Crippen molar-refractivity contribution < 1.29 is 9.90 Å². The third-order valence-corrected chi connectivity index (χ3v) is 2.22. The Morgan fingerprint density at radius 1 is 1.21 bits per heavy atom. The van der Waals surface area contributed by atoms with Crippen LogP contribution in [0.1, 0.15) is 13.8 Å². The molecule has 0 aliphatic heterocycles. The summed E-state index contributed by atoms with van der Waals surface area (Å²) >= 11 is 0. The van der Waals surface area contributed by atoms with Crippen LogP contribution in [-0.2, 0) is 4.79 Å². The second-order valence-corrected chi connectivity index (χ2v) is 3.69. The molecule has 2 aliphatic carbocycles. The molecule has 0 saturated carbocycles. The molecule has 0 aromatic heterocycles. The van der Waals surface area contributed by atoms with Crippen molar-refractivity contribution in [3.05, 3.63) is 24.3 Å². The van der Waals surface area contributed by atoms with E-state index in [-0.39, 0.29) is 5.92 Å². The predicted octanol–water partition coefficient (Wildman–Crippen LogP) is 1.72. The molecule has 14 heavy (non-hydrogen) atoms. The first-order valence-corrected chi connectivity index (χ1v) is 4.61. The van der Waals surface area contributed by atoms with Crippen molar-refractivity contribution in [2.24, 2.45) is 11.7 Å². The normalized spacial score (nSPS) is 12.9. The largest absolute Gasteiger partial charge is 0.480 e. The average molecular weight is 193 g/mol. The van der Waals surface area contributed by atoms with E-state index in [1.807, 2.05) is 0 Å².